The molecular formula is C36H49N. The van der Waals surface area contributed by atoms with Crippen molar-refractivity contribution in [3.8, 4) is 0 Å². The Morgan fingerprint density at radius 1 is 0.405 bits per heavy atom. The Bertz CT molecular complexity index is 1110. The Morgan fingerprint density at radius 2 is 0.811 bits per heavy atom. The molecule has 3 aromatic carbocycles. The number of aryl methyl sites for hydroxylation is 8. The number of nitrogens with zero attached hydrogens (tertiary/aromatic N) is 1. The number of benzene rings is 3. The molecule has 0 saturated carbocycles. The van der Waals surface area contributed by atoms with E-state index < -0.39 is 0 Å². The molecule has 198 valence electrons. The van der Waals surface area contributed by atoms with Gasteiger partial charge in [0, 0.05) is 11.4 Å². The van der Waals surface area contributed by atoms with Crippen LogP contribution in [0.3, 0.4) is 0 Å². The number of pyridine rings is 1. The average molecular weight is 496 g/mol. The van der Waals surface area contributed by atoms with Crippen molar-refractivity contribution < 1.29 is 0 Å². The minimum absolute atomic E-state index is 0. The van der Waals surface area contributed by atoms with E-state index >= 15 is 0 Å². The highest BCUT2D eigenvalue weighted by atomic mass is 14.7. The molecule has 4 rings (SSSR count). The second-order valence-electron chi connectivity index (χ2n) is 9.29. The van der Waals surface area contributed by atoms with Crippen LogP contribution in [0.25, 0.3) is 0 Å². The van der Waals surface area contributed by atoms with Crippen molar-refractivity contribution in [2.75, 3.05) is 0 Å². The van der Waals surface area contributed by atoms with Gasteiger partial charge in [0.1, 0.15) is 0 Å². The molecule has 0 amide bonds. The average Bonchev–Trinajstić information content (AvgIpc) is 2.90. The summed E-state index contributed by atoms with van der Waals surface area (Å²) in [5.41, 5.74) is 10.9. The third-order valence-corrected chi connectivity index (χ3v) is 6.68. The monoisotopic (exact) mass is 495 g/mol. The first-order chi connectivity index (χ1) is 16.7. The third-order valence-electron chi connectivity index (χ3n) is 6.68. The molecule has 0 aliphatic carbocycles. The molecule has 0 atom stereocenters. The molecule has 0 N–H and O–H groups in total. The fraction of sp³-hybridized carbons (Fsp3) is 0.361. The summed E-state index contributed by atoms with van der Waals surface area (Å²) >= 11 is 0. The molecule has 0 aliphatic rings. The lowest BCUT2D eigenvalue weighted by Gasteiger charge is -2.11. The highest BCUT2D eigenvalue weighted by molar-refractivity contribution is 5.29. The van der Waals surface area contributed by atoms with Gasteiger partial charge < -0.3 is 0 Å². The van der Waals surface area contributed by atoms with Crippen molar-refractivity contribution in [2.45, 2.75) is 87.5 Å². The highest BCUT2D eigenvalue weighted by Gasteiger charge is 2.07. The van der Waals surface area contributed by atoms with Crippen LogP contribution < -0.4 is 0 Å². The Labute approximate surface area is 228 Å². The molecule has 4 aromatic rings. The second kappa shape index (κ2) is 16.5. The fourth-order valence-electron chi connectivity index (χ4n) is 4.61. The Morgan fingerprint density at radius 3 is 1.30 bits per heavy atom. The van der Waals surface area contributed by atoms with Crippen LogP contribution in [0.5, 0.6) is 0 Å². The van der Waals surface area contributed by atoms with E-state index in [1.807, 2.05) is 0 Å². The first-order valence-corrected chi connectivity index (χ1v) is 12.9. The summed E-state index contributed by atoms with van der Waals surface area (Å²) < 4.78 is 0. The molecule has 1 nitrogen and oxygen atoms in total. The van der Waals surface area contributed by atoms with Gasteiger partial charge >= 0.3 is 0 Å². The van der Waals surface area contributed by atoms with Crippen molar-refractivity contribution in [1.29, 1.82) is 0 Å². The number of hydrogen-bond donors (Lipinski definition) is 0. The summed E-state index contributed by atoms with van der Waals surface area (Å²) in [4.78, 5) is 5.10. The van der Waals surface area contributed by atoms with Gasteiger partial charge in [-0.1, -0.05) is 115 Å². The van der Waals surface area contributed by atoms with Crippen molar-refractivity contribution >= 4 is 0 Å². The topological polar surface area (TPSA) is 12.9 Å². The first-order valence-electron chi connectivity index (χ1n) is 12.9. The largest absolute Gasteiger partial charge is 0.258 e. The first kappa shape index (κ1) is 31.8. The molecule has 37 heavy (non-hydrogen) atoms. The van der Waals surface area contributed by atoms with Gasteiger partial charge in [-0.2, -0.15) is 0 Å². The van der Waals surface area contributed by atoms with Gasteiger partial charge in [-0.25, -0.2) is 0 Å². The van der Waals surface area contributed by atoms with Gasteiger partial charge in [0.25, 0.3) is 0 Å². The van der Waals surface area contributed by atoms with Gasteiger partial charge in [0.15, 0.2) is 0 Å². The number of hydrogen-bond acceptors (Lipinski definition) is 1. The van der Waals surface area contributed by atoms with Crippen molar-refractivity contribution in [2.24, 2.45) is 0 Å². The SMILES string of the molecule is C.C.C.CCc1cccc(CCc2cc(CCc3ccccc3)cc(CCc3cccc(CC)c3)n2)c1. The van der Waals surface area contributed by atoms with E-state index in [-0.39, 0.29) is 22.3 Å². The zero-order valence-electron chi connectivity index (χ0n) is 20.8. The quantitative estimate of drug-likeness (QED) is 0.202. The van der Waals surface area contributed by atoms with Crippen molar-refractivity contribution in [1.82, 2.24) is 4.98 Å². The molecule has 0 spiro atoms. The van der Waals surface area contributed by atoms with Gasteiger partial charge in [-0.3, -0.25) is 4.98 Å². The van der Waals surface area contributed by atoms with E-state index in [1.54, 1.807) is 0 Å². The summed E-state index contributed by atoms with van der Waals surface area (Å²) in [5, 5.41) is 0. The smallest absolute Gasteiger partial charge is 0.0413 e. The predicted molar refractivity (Wildman–Crippen MR) is 165 cm³/mol. The molecule has 1 heteroatoms. The van der Waals surface area contributed by atoms with E-state index in [1.165, 1.54) is 44.8 Å². The molecule has 1 heterocycles. The van der Waals surface area contributed by atoms with Crippen LogP contribution in [0.2, 0.25) is 0 Å². The molecule has 0 radical (unpaired) electrons. The Kier molecular flexibility index (Phi) is 14.2. The summed E-state index contributed by atoms with van der Waals surface area (Å²) in [6.07, 6.45) is 8.37. The molecule has 0 saturated heterocycles. The number of aromatic nitrogens is 1. The van der Waals surface area contributed by atoms with E-state index in [9.17, 15) is 0 Å². The maximum Gasteiger partial charge on any atom is 0.0413 e. The van der Waals surface area contributed by atoms with E-state index in [0.29, 0.717) is 0 Å². The lowest BCUT2D eigenvalue weighted by molar-refractivity contribution is 0.838. The minimum Gasteiger partial charge on any atom is -0.258 e. The molecular weight excluding hydrogens is 446 g/mol. The maximum absolute atomic E-state index is 5.10. The van der Waals surface area contributed by atoms with Crippen LogP contribution in [0.15, 0.2) is 91.0 Å². The fourth-order valence-corrected chi connectivity index (χ4v) is 4.61. The van der Waals surface area contributed by atoms with E-state index in [0.717, 1.165) is 51.4 Å². The van der Waals surface area contributed by atoms with Crippen LogP contribution in [0.4, 0.5) is 0 Å². The zero-order chi connectivity index (χ0) is 23.6. The highest BCUT2D eigenvalue weighted by Crippen LogP contribution is 2.16. The summed E-state index contributed by atoms with van der Waals surface area (Å²) in [7, 11) is 0. The normalized spacial score (nSPS) is 10.1. The second-order valence-corrected chi connectivity index (χ2v) is 9.29. The van der Waals surface area contributed by atoms with Crippen LogP contribution in [0.1, 0.15) is 80.9 Å². The van der Waals surface area contributed by atoms with Crippen LogP contribution >= 0.6 is 0 Å². The standard InChI is InChI=1S/C33H37N.3CH4/c1-3-26-12-8-14-29(22-26)18-20-32-24-31(17-16-28-10-6-5-7-11-28)25-33(34-32)21-19-30-15-9-13-27(4-2)23-30;;;/h5-15,22-25H,3-4,16-21H2,1-2H3;3*1H4. The maximum atomic E-state index is 5.10. The third kappa shape index (κ3) is 10.00. The van der Waals surface area contributed by atoms with Crippen LogP contribution in [-0.4, -0.2) is 4.98 Å². The van der Waals surface area contributed by atoms with Crippen molar-refractivity contribution in [3.05, 3.63) is 136 Å². The predicted octanol–water partition coefficient (Wildman–Crippen LogP) is 9.47. The zero-order valence-corrected chi connectivity index (χ0v) is 20.8. The Hall–Kier alpha value is -3.19. The van der Waals surface area contributed by atoms with Crippen LogP contribution in [-0.2, 0) is 51.4 Å². The Balaban J connectivity index is 0.00000228. The minimum atomic E-state index is 0. The van der Waals surface area contributed by atoms with Crippen LogP contribution in [0, 0.1) is 0 Å². The van der Waals surface area contributed by atoms with Gasteiger partial charge in [-0.05, 0) is 96.9 Å². The molecule has 1 aromatic heterocycles. The van der Waals surface area contributed by atoms with Crippen molar-refractivity contribution in [3.63, 3.8) is 0 Å². The summed E-state index contributed by atoms with van der Waals surface area (Å²) in [6.45, 7) is 4.44. The molecule has 0 unspecified atom stereocenters. The molecule has 0 fully saturated rings. The van der Waals surface area contributed by atoms with E-state index in [4.69, 9.17) is 4.98 Å². The number of rotatable bonds is 11. The summed E-state index contributed by atoms with van der Waals surface area (Å²) in [6, 6.07) is 33.5. The lowest BCUT2D eigenvalue weighted by atomic mass is 9.99. The van der Waals surface area contributed by atoms with E-state index in [2.05, 4.69) is 105 Å². The lowest BCUT2D eigenvalue weighted by Crippen LogP contribution is -2.04. The van der Waals surface area contributed by atoms with Gasteiger partial charge in [-0.15, -0.1) is 0 Å². The summed E-state index contributed by atoms with van der Waals surface area (Å²) in [5.74, 6) is 0. The molecule has 0 aliphatic heterocycles. The van der Waals surface area contributed by atoms with Gasteiger partial charge in [0.2, 0.25) is 0 Å². The molecule has 0 bridgehead atoms. The van der Waals surface area contributed by atoms with Gasteiger partial charge in [0.05, 0.1) is 0 Å².